The van der Waals surface area contributed by atoms with Crippen LogP contribution in [0.3, 0.4) is 0 Å². The molecule has 4 rings (SSSR count). The monoisotopic (exact) mass is 484 g/mol. The van der Waals surface area contributed by atoms with Gasteiger partial charge in [-0.05, 0) is 32.4 Å². The van der Waals surface area contributed by atoms with E-state index in [1.807, 2.05) is 24.9 Å². The van der Waals surface area contributed by atoms with Crippen LogP contribution in [0.4, 0.5) is 13.2 Å². The van der Waals surface area contributed by atoms with Crippen molar-refractivity contribution in [2.24, 2.45) is 0 Å². The number of hydrogen-bond donors (Lipinski definition) is 1. The molecule has 1 saturated heterocycles. The Hall–Kier alpha value is -2.92. The standard InChI is InChI=1S/C12H14ClF3N2O.C9H10N4O/c1-7-10(3-2-4-17-7)19-11-9(13)5-8(6-18-11)12(14,15)16;1-12-6-2-3-8(7-14)9(12)13-10-4-5-11-13/h5-7,10,17H,2-4H2,1H3;2-5,7H,6H2,1H3/t7-,10+;/m0./s1. The maximum absolute atomic E-state index is 12.5. The van der Waals surface area contributed by atoms with E-state index in [-0.39, 0.29) is 23.0 Å². The highest BCUT2D eigenvalue weighted by atomic mass is 35.5. The van der Waals surface area contributed by atoms with Crippen LogP contribution in [0.5, 0.6) is 5.88 Å². The first-order valence-corrected chi connectivity index (χ1v) is 10.6. The summed E-state index contributed by atoms with van der Waals surface area (Å²) in [6.07, 6.45) is 5.63. The van der Waals surface area contributed by atoms with Crippen LogP contribution < -0.4 is 10.1 Å². The van der Waals surface area contributed by atoms with Crippen molar-refractivity contribution >= 4 is 23.7 Å². The summed E-state index contributed by atoms with van der Waals surface area (Å²) in [5, 5.41) is 11.1. The Bertz CT molecular complexity index is 1010. The number of rotatable bonds is 4. The maximum Gasteiger partial charge on any atom is 0.417 e. The minimum atomic E-state index is -4.45. The molecular weight excluding hydrogens is 461 g/mol. The molecule has 0 spiro atoms. The summed E-state index contributed by atoms with van der Waals surface area (Å²) in [6.45, 7) is 3.63. The molecule has 0 bridgehead atoms. The van der Waals surface area contributed by atoms with Gasteiger partial charge in [-0.2, -0.15) is 23.4 Å². The number of pyridine rings is 1. The van der Waals surface area contributed by atoms with Gasteiger partial charge in [-0.1, -0.05) is 23.8 Å². The van der Waals surface area contributed by atoms with Crippen LogP contribution in [-0.4, -0.2) is 63.4 Å². The summed E-state index contributed by atoms with van der Waals surface area (Å²) >= 11 is 5.79. The topological polar surface area (TPSA) is 85.2 Å². The van der Waals surface area contributed by atoms with Gasteiger partial charge in [-0.15, -0.1) is 4.80 Å². The first-order chi connectivity index (χ1) is 15.7. The van der Waals surface area contributed by atoms with E-state index in [1.165, 1.54) is 4.80 Å². The number of hydrogen-bond acceptors (Lipinski definition) is 7. The van der Waals surface area contributed by atoms with Gasteiger partial charge in [0.25, 0.3) is 0 Å². The van der Waals surface area contributed by atoms with E-state index < -0.39 is 11.7 Å². The van der Waals surface area contributed by atoms with E-state index in [2.05, 4.69) is 20.5 Å². The minimum absolute atomic E-state index is 0.0511. The predicted octanol–water partition coefficient (Wildman–Crippen LogP) is 3.42. The summed E-state index contributed by atoms with van der Waals surface area (Å²) in [4.78, 5) is 17.8. The van der Waals surface area contributed by atoms with Gasteiger partial charge in [0.2, 0.25) is 5.88 Å². The molecule has 0 aromatic carbocycles. The summed E-state index contributed by atoms with van der Waals surface area (Å²) < 4.78 is 43.0. The van der Waals surface area contributed by atoms with Crippen LogP contribution >= 0.6 is 11.6 Å². The van der Waals surface area contributed by atoms with Crippen LogP contribution in [0.2, 0.25) is 5.02 Å². The molecule has 178 valence electrons. The number of allylic oxidation sites excluding steroid dienone is 2. The second-order valence-corrected chi connectivity index (χ2v) is 7.96. The van der Waals surface area contributed by atoms with Gasteiger partial charge in [-0.25, -0.2) is 4.98 Å². The van der Waals surface area contributed by atoms with Crippen LogP contribution in [0.15, 0.2) is 42.4 Å². The lowest BCUT2D eigenvalue weighted by Crippen LogP contribution is -2.45. The lowest BCUT2D eigenvalue weighted by Gasteiger charge is -2.30. The molecule has 0 saturated carbocycles. The molecular formula is C21H24ClF3N6O2. The van der Waals surface area contributed by atoms with Crippen LogP contribution in [0.25, 0.3) is 5.82 Å². The van der Waals surface area contributed by atoms with Gasteiger partial charge in [0.1, 0.15) is 11.1 Å². The van der Waals surface area contributed by atoms with Crippen LogP contribution in [0, 0.1) is 0 Å². The van der Waals surface area contributed by atoms with Crippen molar-refractivity contribution in [1.82, 2.24) is 30.2 Å². The molecule has 2 aromatic heterocycles. The summed E-state index contributed by atoms with van der Waals surface area (Å²) in [5.41, 5.74) is -0.283. The van der Waals surface area contributed by atoms with E-state index in [9.17, 15) is 18.0 Å². The van der Waals surface area contributed by atoms with Crippen molar-refractivity contribution in [2.45, 2.75) is 38.1 Å². The third-order valence-electron chi connectivity index (χ3n) is 5.12. The Morgan fingerprint density at radius 1 is 1.30 bits per heavy atom. The first-order valence-electron chi connectivity index (χ1n) is 10.3. The Balaban J connectivity index is 0.000000194. The minimum Gasteiger partial charge on any atom is -0.472 e. The van der Waals surface area contributed by atoms with Gasteiger partial charge < -0.3 is 15.0 Å². The molecule has 2 aromatic rings. The second-order valence-electron chi connectivity index (χ2n) is 7.55. The maximum atomic E-state index is 12.5. The molecule has 2 aliphatic heterocycles. The smallest absolute Gasteiger partial charge is 0.417 e. The summed E-state index contributed by atoms with van der Waals surface area (Å²) in [7, 11) is 1.89. The van der Waals surface area contributed by atoms with E-state index >= 15 is 0 Å². The SMILES string of the molecule is CN1CC=CC(C=O)=C1n1nccn1.C[C@@H]1NCCC[C@H]1Oc1ncc(C(F)(F)F)cc1Cl. The zero-order chi connectivity index (χ0) is 24.0. The van der Waals surface area contributed by atoms with E-state index in [1.54, 1.807) is 18.5 Å². The van der Waals surface area contributed by atoms with E-state index in [4.69, 9.17) is 16.3 Å². The predicted molar refractivity (Wildman–Crippen MR) is 116 cm³/mol. The molecule has 0 amide bonds. The number of ether oxygens (including phenoxy) is 1. The van der Waals surface area contributed by atoms with Crippen LogP contribution in [0.1, 0.15) is 25.3 Å². The molecule has 1 fully saturated rings. The fourth-order valence-corrected chi connectivity index (χ4v) is 3.60. The Morgan fingerprint density at radius 2 is 2.03 bits per heavy atom. The van der Waals surface area contributed by atoms with Gasteiger partial charge in [0.05, 0.1) is 23.5 Å². The molecule has 0 aliphatic carbocycles. The number of nitrogens with zero attached hydrogens (tertiary/aromatic N) is 5. The molecule has 2 aliphatic rings. The largest absolute Gasteiger partial charge is 0.472 e. The lowest BCUT2D eigenvalue weighted by atomic mass is 10.0. The molecule has 8 nitrogen and oxygen atoms in total. The lowest BCUT2D eigenvalue weighted by molar-refractivity contribution is -0.137. The number of nitrogens with one attached hydrogen (secondary N) is 1. The van der Waals surface area contributed by atoms with Gasteiger partial charge in [-0.3, -0.25) is 4.79 Å². The van der Waals surface area contributed by atoms with Crippen molar-refractivity contribution in [1.29, 1.82) is 0 Å². The summed E-state index contributed by atoms with van der Waals surface area (Å²) in [5.74, 6) is 0.766. The summed E-state index contributed by atoms with van der Waals surface area (Å²) in [6, 6.07) is 0.957. The number of halogens is 4. The number of piperidine rings is 1. The Morgan fingerprint density at radius 3 is 2.64 bits per heavy atom. The molecule has 0 radical (unpaired) electrons. The van der Waals surface area contributed by atoms with Crippen molar-refractivity contribution in [3.63, 3.8) is 0 Å². The molecule has 4 heterocycles. The molecule has 33 heavy (non-hydrogen) atoms. The highest BCUT2D eigenvalue weighted by Crippen LogP contribution is 2.33. The quantitative estimate of drug-likeness (QED) is 0.665. The number of carbonyl (C=O) groups is 1. The van der Waals surface area contributed by atoms with Crippen LogP contribution in [-0.2, 0) is 11.0 Å². The number of carbonyl (C=O) groups excluding carboxylic acids is 1. The van der Waals surface area contributed by atoms with E-state index in [0.29, 0.717) is 11.4 Å². The fraction of sp³-hybridized carbons (Fsp3) is 0.429. The second kappa shape index (κ2) is 10.8. The highest BCUT2D eigenvalue weighted by Gasteiger charge is 2.32. The third-order valence-corrected chi connectivity index (χ3v) is 5.39. The fourth-order valence-electron chi connectivity index (χ4n) is 3.39. The average Bonchev–Trinajstić information content (AvgIpc) is 3.30. The van der Waals surface area contributed by atoms with Gasteiger partial charge >= 0.3 is 6.18 Å². The average molecular weight is 485 g/mol. The van der Waals surface area contributed by atoms with Gasteiger partial charge in [0.15, 0.2) is 12.1 Å². The van der Waals surface area contributed by atoms with Crippen molar-refractivity contribution in [2.75, 3.05) is 20.1 Å². The molecule has 2 atom stereocenters. The zero-order valence-electron chi connectivity index (χ0n) is 18.1. The van der Waals surface area contributed by atoms with E-state index in [0.717, 1.165) is 44.5 Å². The Kier molecular flexibility index (Phi) is 8.09. The first kappa shape index (κ1) is 24.7. The highest BCUT2D eigenvalue weighted by molar-refractivity contribution is 6.31. The van der Waals surface area contributed by atoms with Gasteiger partial charge in [0, 0.05) is 25.8 Å². The zero-order valence-corrected chi connectivity index (χ0v) is 18.8. The molecule has 0 unspecified atom stereocenters. The normalized spacial score (nSPS) is 20.8. The van der Waals surface area contributed by atoms with Crippen molar-refractivity contribution < 1.29 is 22.7 Å². The molecule has 12 heteroatoms. The Labute approximate surface area is 194 Å². The number of aromatic nitrogens is 4. The number of aldehydes is 1. The number of alkyl halides is 3. The number of likely N-dealkylation sites (N-methyl/N-ethyl adjacent to an activating group) is 1. The third kappa shape index (κ3) is 6.32. The van der Waals surface area contributed by atoms with Crippen molar-refractivity contribution in [3.05, 3.63) is 53.0 Å². The van der Waals surface area contributed by atoms with Crippen molar-refractivity contribution in [3.8, 4) is 5.88 Å². The molecule has 1 N–H and O–H groups in total.